The van der Waals surface area contributed by atoms with Gasteiger partial charge in [-0.05, 0) is 30.3 Å². The highest BCUT2D eigenvalue weighted by Crippen LogP contribution is 2.32. The molecule has 7 nitrogen and oxygen atoms in total. The van der Waals surface area contributed by atoms with Gasteiger partial charge in [0.15, 0.2) is 0 Å². The topological polar surface area (TPSA) is 104 Å². The van der Waals surface area contributed by atoms with Crippen molar-refractivity contribution in [1.82, 2.24) is 0 Å². The van der Waals surface area contributed by atoms with Crippen LogP contribution in [0.1, 0.15) is 20.9 Å². The number of furan rings is 1. The number of carbonyl (C=O) groups is 2. The number of hydrogen-bond donors (Lipinski definition) is 2. The van der Waals surface area contributed by atoms with Crippen LogP contribution in [0.3, 0.4) is 0 Å². The molecule has 0 fully saturated rings. The van der Waals surface area contributed by atoms with Crippen molar-refractivity contribution in [2.75, 3.05) is 19.5 Å². The molecule has 3 rings (SSSR count). The van der Waals surface area contributed by atoms with E-state index in [4.69, 9.17) is 19.6 Å². The highest BCUT2D eigenvalue weighted by Gasteiger charge is 2.22. The maximum Gasteiger partial charge on any atom is 0.286 e. The molecule has 3 N–H and O–H groups in total. The summed E-state index contributed by atoms with van der Waals surface area (Å²) in [5.74, 6) is -0.504. The molecule has 25 heavy (non-hydrogen) atoms. The maximum atomic E-state index is 12.7. The van der Waals surface area contributed by atoms with E-state index in [0.717, 1.165) is 0 Å². The van der Waals surface area contributed by atoms with E-state index in [9.17, 15) is 9.59 Å². The Morgan fingerprint density at radius 2 is 1.84 bits per heavy atom. The molecular weight excluding hydrogens is 324 g/mol. The molecular formula is C18H16N2O5. The fraction of sp³-hybridized carbons (Fsp3) is 0.111. The lowest BCUT2D eigenvalue weighted by molar-refractivity contribution is 0.0977. The van der Waals surface area contributed by atoms with Crippen LogP contribution in [0.2, 0.25) is 0 Å². The summed E-state index contributed by atoms with van der Waals surface area (Å²) in [6.45, 7) is 0. The van der Waals surface area contributed by atoms with Gasteiger partial charge in [-0.2, -0.15) is 0 Å². The van der Waals surface area contributed by atoms with Gasteiger partial charge in [-0.25, -0.2) is 0 Å². The molecule has 0 spiro atoms. The van der Waals surface area contributed by atoms with E-state index >= 15 is 0 Å². The lowest BCUT2D eigenvalue weighted by Gasteiger charge is -2.11. The smallest absolute Gasteiger partial charge is 0.286 e. The van der Waals surface area contributed by atoms with Gasteiger partial charge < -0.3 is 24.9 Å². The number of primary amides is 1. The van der Waals surface area contributed by atoms with Gasteiger partial charge in [-0.15, -0.1) is 0 Å². The third-order valence-electron chi connectivity index (χ3n) is 3.71. The Morgan fingerprint density at radius 3 is 2.52 bits per heavy atom. The van der Waals surface area contributed by atoms with Crippen molar-refractivity contribution in [2.24, 2.45) is 5.73 Å². The number of fused-ring (bicyclic) bond motifs is 1. The average Bonchev–Trinajstić information content (AvgIpc) is 3.00. The maximum absolute atomic E-state index is 12.7. The van der Waals surface area contributed by atoms with Crippen molar-refractivity contribution >= 4 is 28.5 Å². The summed E-state index contributed by atoms with van der Waals surface area (Å²) in [5, 5.41) is 3.26. The molecule has 3 aromatic rings. The van der Waals surface area contributed by atoms with Crippen molar-refractivity contribution in [3.8, 4) is 11.5 Å². The molecule has 0 saturated heterocycles. The molecule has 0 saturated carbocycles. The van der Waals surface area contributed by atoms with Gasteiger partial charge in [0.2, 0.25) is 5.76 Å². The minimum Gasteiger partial charge on any atom is -0.497 e. The number of carbonyl (C=O) groups excluding carboxylic acids is 2. The normalized spacial score (nSPS) is 10.5. The number of nitrogens with one attached hydrogen (secondary N) is 1. The summed E-state index contributed by atoms with van der Waals surface area (Å²) >= 11 is 0. The van der Waals surface area contributed by atoms with Gasteiger partial charge in [0.25, 0.3) is 11.8 Å². The largest absolute Gasteiger partial charge is 0.497 e. The molecule has 1 heterocycles. The van der Waals surface area contributed by atoms with Gasteiger partial charge in [0.05, 0.1) is 19.8 Å². The molecule has 0 bridgehead atoms. The van der Waals surface area contributed by atoms with Crippen LogP contribution >= 0.6 is 0 Å². The minimum absolute atomic E-state index is 0.114. The first-order valence-corrected chi connectivity index (χ1v) is 7.40. The van der Waals surface area contributed by atoms with Crippen LogP contribution in [-0.2, 0) is 0 Å². The SMILES string of the molecule is COc1ccc(OC)c(C(=O)Nc2c(C(N)=O)oc3ccccc23)c1. The fourth-order valence-corrected chi connectivity index (χ4v) is 2.52. The quantitative estimate of drug-likeness (QED) is 0.743. The molecule has 1 aromatic heterocycles. The number of nitrogens with two attached hydrogens (primary N) is 1. The van der Waals surface area contributed by atoms with Gasteiger partial charge >= 0.3 is 0 Å². The first-order valence-electron chi connectivity index (χ1n) is 7.40. The number of methoxy groups -OCH3 is 2. The van der Waals surface area contributed by atoms with Crippen LogP contribution in [0.15, 0.2) is 46.9 Å². The van der Waals surface area contributed by atoms with E-state index in [2.05, 4.69) is 5.32 Å². The Hall–Kier alpha value is -3.48. The van der Waals surface area contributed by atoms with Crippen molar-refractivity contribution < 1.29 is 23.5 Å². The molecule has 0 radical (unpaired) electrons. The Balaban J connectivity index is 2.06. The second-order valence-corrected chi connectivity index (χ2v) is 5.19. The first-order chi connectivity index (χ1) is 12.0. The zero-order valence-electron chi connectivity index (χ0n) is 13.7. The fourth-order valence-electron chi connectivity index (χ4n) is 2.52. The second-order valence-electron chi connectivity index (χ2n) is 5.19. The molecule has 7 heteroatoms. The summed E-state index contributed by atoms with van der Waals surface area (Å²) in [5.41, 5.74) is 6.29. The highest BCUT2D eigenvalue weighted by atomic mass is 16.5. The number of amides is 2. The van der Waals surface area contributed by atoms with Crippen molar-refractivity contribution in [2.45, 2.75) is 0 Å². The molecule has 0 unspecified atom stereocenters. The number of ether oxygens (including phenoxy) is 2. The number of rotatable bonds is 5. The van der Waals surface area contributed by atoms with Crippen LogP contribution in [-0.4, -0.2) is 26.0 Å². The summed E-state index contributed by atoms with van der Waals surface area (Å²) < 4.78 is 15.8. The summed E-state index contributed by atoms with van der Waals surface area (Å²) in [7, 11) is 2.96. The van der Waals surface area contributed by atoms with Crippen molar-refractivity contribution in [1.29, 1.82) is 0 Å². The molecule has 128 valence electrons. The van der Waals surface area contributed by atoms with Crippen LogP contribution in [0.25, 0.3) is 11.0 Å². The van der Waals surface area contributed by atoms with E-state index in [1.807, 2.05) is 0 Å². The lowest BCUT2D eigenvalue weighted by atomic mass is 10.1. The Kier molecular flexibility index (Phi) is 4.30. The third-order valence-corrected chi connectivity index (χ3v) is 3.71. The number of hydrogen-bond acceptors (Lipinski definition) is 5. The van der Waals surface area contributed by atoms with E-state index in [0.29, 0.717) is 22.5 Å². The summed E-state index contributed by atoms with van der Waals surface area (Å²) in [4.78, 5) is 24.4. The van der Waals surface area contributed by atoms with E-state index in [1.165, 1.54) is 14.2 Å². The van der Waals surface area contributed by atoms with Crippen LogP contribution in [0.5, 0.6) is 11.5 Å². The van der Waals surface area contributed by atoms with Crippen molar-refractivity contribution in [3.63, 3.8) is 0 Å². The van der Waals surface area contributed by atoms with E-state index in [1.54, 1.807) is 42.5 Å². The molecule has 0 atom stereocenters. The zero-order valence-corrected chi connectivity index (χ0v) is 13.7. The summed E-state index contributed by atoms with van der Waals surface area (Å²) in [6.07, 6.45) is 0. The number of para-hydroxylation sites is 1. The van der Waals surface area contributed by atoms with Gasteiger partial charge in [0, 0.05) is 5.39 Å². The van der Waals surface area contributed by atoms with Crippen LogP contribution in [0.4, 0.5) is 5.69 Å². The van der Waals surface area contributed by atoms with Crippen LogP contribution < -0.4 is 20.5 Å². The minimum atomic E-state index is -0.774. The average molecular weight is 340 g/mol. The molecule has 2 aromatic carbocycles. The van der Waals surface area contributed by atoms with Gasteiger partial charge in [-0.1, -0.05) is 12.1 Å². The van der Waals surface area contributed by atoms with Gasteiger partial charge in [-0.3, -0.25) is 9.59 Å². The third kappa shape index (κ3) is 2.99. The van der Waals surface area contributed by atoms with Gasteiger partial charge in [0.1, 0.15) is 22.8 Å². The first kappa shape index (κ1) is 16.4. The van der Waals surface area contributed by atoms with E-state index < -0.39 is 11.8 Å². The summed E-state index contributed by atoms with van der Waals surface area (Å²) in [6, 6.07) is 11.8. The number of benzene rings is 2. The standard InChI is InChI=1S/C18H16N2O5/c1-23-10-7-8-13(24-2)12(9-10)18(22)20-15-11-5-3-4-6-14(11)25-16(15)17(19)21/h3-9H,1-2H3,(H2,19,21)(H,20,22). The predicted octanol–water partition coefficient (Wildman–Crippen LogP) is 2.80. The molecule has 2 amide bonds. The van der Waals surface area contributed by atoms with Crippen LogP contribution in [0, 0.1) is 0 Å². The second kappa shape index (κ2) is 6.56. The Bertz CT molecular complexity index is 961. The Morgan fingerprint density at radius 1 is 1.08 bits per heavy atom. The zero-order chi connectivity index (χ0) is 18.0. The highest BCUT2D eigenvalue weighted by molar-refractivity contribution is 6.15. The molecule has 0 aliphatic heterocycles. The Labute approximate surface area is 143 Å². The lowest BCUT2D eigenvalue weighted by Crippen LogP contribution is -2.17. The molecule has 0 aliphatic rings. The molecule has 0 aliphatic carbocycles. The predicted molar refractivity (Wildman–Crippen MR) is 92.2 cm³/mol. The number of anilines is 1. The van der Waals surface area contributed by atoms with Crippen molar-refractivity contribution in [3.05, 3.63) is 53.8 Å². The monoisotopic (exact) mass is 340 g/mol. The van der Waals surface area contributed by atoms with E-state index in [-0.39, 0.29) is 17.0 Å².